The summed E-state index contributed by atoms with van der Waals surface area (Å²) in [7, 11) is 0. The van der Waals surface area contributed by atoms with Gasteiger partial charge in [0.15, 0.2) is 0 Å². The minimum atomic E-state index is 1.25. The molecule has 0 saturated heterocycles. The molecule has 0 atom stereocenters. The average Bonchev–Trinajstić information content (AvgIpc) is 3.21. The lowest BCUT2D eigenvalue weighted by molar-refractivity contribution is 0.690. The third kappa shape index (κ3) is 2.89. The maximum atomic E-state index is 2.35. The van der Waals surface area contributed by atoms with Crippen LogP contribution in [-0.4, -0.2) is 0 Å². The summed E-state index contributed by atoms with van der Waals surface area (Å²) in [6, 6.07) is 22.0. The third-order valence-electron chi connectivity index (χ3n) is 4.68. The Morgan fingerprint density at radius 2 is 1.39 bits per heavy atom. The summed E-state index contributed by atoms with van der Waals surface area (Å²) < 4.78 is 0. The van der Waals surface area contributed by atoms with E-state index in [1.165, 1.54) is 47.2 Å². The zero-order valence-corrected chi connectivity index (χ0v) is 14.0. The molecule has 1 heteroatoms. The highest BCUT2D eigenvalue weighted by Gasteiger charge is 2.13. The molecule has 0 spiro atoms. The minimum Gasteiger partial charge on any atom is -0.152 e. The smallest absolute Gasteiger partial charge is 0.00934 e. The highest BCUT2D eigenvalue weighted by Crippen LogP contribution is 2.33. The van der Waals surface area contributed by atoms with Crippen molar-refractivity contribution in [3.8, 4) is 0 Å². The fourth-order valence-corrected chi connectivity index (χ4v) is 4.02. The highest BCUT2D eigenvalue weighted by atomic mass is 32.1. The van der Waals surface area contributed by atoms with E-state index in [2.05, 4.69) is 48.5 Å². The van der Waals surface area contributed by atoms with Crippen LogP contribution in [0.25, 0.3) is 21.5 Å². The van der Waals surface area contributed by atoms with E-state index in [1.54, 1.807) is 22.5 Å². The molecule has 0 saturated carbocycles. The molecule has 0 bridgehead atoms. The van der Waals surface area contributed by atoms with Crippen molar-refractivity contribution in [2.24, 2.45) is 0 Å². The molecule has 114 valence electrons. The predicted octanol–water partition coefficient (Wildman–Crippen LogP) is 6.62. The fourth-order valence-electron chi connectivity index (χ4n) is 3.57. The van der Waals surface area contributed by atoms with Crippen molar-refractivity contribution < 1.29 is 0 Å². The Balaban J connectivity index is 0.000000233. The van der Waals surface area contributed by atoms with E-state index in [-0.39, 0.29) is 0 Å². The van der Waals surface area contributed by atoms with Crippen molar-refractivity contribution in [1.82, 2.24) is 0 Å². The van der Waals surface area contributed by atoms with Crippen LogP contribution >= 0.6 is 11.3 Å². The van der Waals surface area contributed by atoms with Crippen molar-refractivity contribution in [3.05, 3.63) is 82.6 Å². The van der Waals surface area contributed by atoms with Gasteiger partial charge in [0, 0.05) is 0 Å². The van der Waals surface area contributed by atoms with Gasteiger partial charge in [-0.3, -0.25) is 0 Å². The first-order valence-electron chi connectivity index (χ1n) is 8.33. The number of fused-ring (bicyclic) bond motifs is 5. The first-order valence-corrected chi connectivity index (χ1v) is 9.27. The molecule has 1 aliphatic rings. The predicted molar refractivity (Wildman–Crippen MR) is 102 cm³/mol. The van der Waals surface area contributed by atoms with Gasteiger partial charge in [0.05, 0.1) is 0 Å². The van der Waals surface area contributed by atoms with Crippen LogP contribution in [0.15, 0.2) is 71.4 Å². The lowest BCUT2D eigenvalue weighted by Crippen LogP contribution is -2.02. The van der Waals surface area contributed by atoms with Crippen LogP contribution in [0.3, 0.4) is 0 Å². The summed E-state index contributed by atoms with van der Waals surface area (Å²) in [5.41, 5.74) is 3.17. The Morgan fingerprint density at radius 1 is 0.609 bits per heavy atom. The fraction of sp³-hybridized carbons (Fsp3) is 0.182. The van der Waals surface area contributed by atoms with E-state index in [0.29, 0.717) is 0 Å². The Labute approximate surface area is 141 Å². The molecule has 0 aliphatic heterocycles. The molecule has 0 fully saturated rings. The van der Waals surface area contributed by atoms with Crippen molar-refractivity contribution >= 4 is 32.9 Å². The number of hydrogen-bond acceptors (Lipinski definition) is 1. The lowest BCUT2D eigenvalue weighted by Gasteiger charge is -2.18. The normalized spacial score (nSPS) is 13.4. The van der Waals surface area contributed by atoms with Gasteiger partial charge in [-0.25, -0.2) is 0 Å². The molecule has 0 N–H and O–H groups in total. The molecular formula is C22H20S. The van der Waals surface area contributed by atoms with E-state index >= 15 is 0 Å². The number of thiophene rings is 1. The number of aryl methyl sites for hydroxylation is 2. The number of rotatable bonds is 0. The number of hydrogen-bond donors (Lipinski definition) is 0. The van der Waals surface area contributed by atoms with Gasteiger partial charge in [0.25, 0.3) is 0 Å². The average molecular weight is 316 g/mol. The monoisotopic (exact) mass is 316 g/mol. The molecule has 3 aromatic carbocycles. The Bertz CT molecular complexity index is 902. The maximum Gasteiger partial charge on any atom is -0.00934 e. The molecule has 5 rings (SSSR count). The minimum absolute atomic E-state index is 1.25. The standard InChI is InChI=1S/C18H16.C4H4S/c1-3-7-15-13(5-1)9-11-18-16-8-4-2-6-14(16)10-12-17(15)18;1-2-4-5-3-1/h1,3,5,7,9-12H,2,4,6,8H2;1-4H. The molecule has 23 heavy (non-hydrogen) atoms. The van der Waals surface area contributed by atoms with Gasteiger partial charge in [-0.05, 0) is 69.1 Å². The zero-order valence-electron chi connectivity index (χ0n) is 13.2. The van der Waals surface area contributed by atoms with Gasteiger partial charge in [-0.15, -0.1) is 0 Å². The van der Waals surface area contributed by atoms with Crippen molar-refractivity contribution in [2.75, 3.05) is 0 Å². The van der Waals surface area contributed by atoms with Gasteiger partial charge in [0.1, 0.15) is 0 Å². The molecule has 1 heterocycles. The third-order valence-corrected chi connectivity index (χ3v) is 5.31. The van der Waals surface area contributed by atoms with E-state index in [9.17, 15) is 0 Å². The van der Waals surface area contributed by atoms with Gasteiger partial charge in [-0.2, -0.15) is 11.3 Å². The second-order valence-electron chi connectivity index (χ2n) is 6.09. The Kier molecular flexibility index (Phi) is 4.12. The van der Waals surface area contributed by atoms with Crippen LogP contribution in [0, 0.1) is 0 Å². The zero-order chi connectivity index (χ0) is 15.5. The summed E-state index contributed by atoms with van der Waals surface area (Å²) in [5.74, 6) is 0. The van der Waals surface area contributed by atoms with E-state index in [4.69, 9.17) is 0 Å². The van der Waals surface area contributed by atoms with Crippen LogP contribution in [0.5, 0.6) is 0 Å². The molecule has 1 aliphatic carbocycles. The van der Waals surface area contributed by atoms with Crippen LogP contribution < -0.4 is 0 Å². The van der Waals surface area contributed by atoms with Crippen molar-refractivity contribution in [1.29, 1.82) is 0 Å². The lowest BCUT2D eigenvalue weighted by atomic mass is 9.86. The maximum absolute atomic E-state index is 2.35. The van der Waals surface area contributed by atoms with Crippen molar-refractivity contribution in [2.45, 2.75) is 25.7 Å². The molecule has 4 aromatic rings. The Morgan fingerprint density at radius 3 is 2.22 bits per heavy atom. The first-order chi connectivity index (χ1) is 11.4. The molecule has 0 nitrogen and oxygen atoms in total. The van der Waals surface area contributed by atoms with Crippen molar-refractivity contribution in [3.63, 3.8) is 0 Å². The van der Waals surface area contributed by atoms with Crippen LogP contribution in [0.2, 0.25) is 0 Å². The van der Waals surface area contributed by atoms with E-state index < -0.39 is 0 Å². The van der Waals surface area contributed by atoms with E-state index in [1.807, 2.05) is 22.9 Å². The molecule has 0 amide bonds. The summed E-state index contributed by atoms with van der Waals surface area (Å²) in [5, 5.41) is 9.73. The highest BCUT2D eigenvalue weighted by molar-refractivity contribution is 7.07. The van der Waals surface area contributed by atoms with Crippen LogP contribution in [0.4, 0.5) is 0 Å². The molecule has 0 unspecified atom stereocenters. The SMILES string of the molecule is c1ccc2c(c1)ccc1c3c(ccc12)CCCC3.c1ccsc1. The molecular weight excluding hydrogens is 296 g/mol. The molecule has 1 aromatic heterocycles. The van der Waals surface area contributed by atoms with Gasteiger partial charge in [-0.1, -0.05) is 60.7 Å². The van der Waals surface area contributed by atoms with Crippen LogP contribution in [-0.2, 0) is 12.8 Å². The summed E-state index contributed by atoms with van der Waals surface area (Å²) >= 11 is 1.71. The first kappa shape index (κ1) is 14.5. The number of benzene rings is 3. The second kappa shape index (κ2) is 6.55. The second-order valence-corrected chi connectivity index (χ2v) is 6.90. The topological polar surface area (TPSA) is 0 Å². The van der Waals surface area contributed by atoms with Gasteiger partial charge in [0.2, 0.25) is 0 Å². The largest absolute Gasteiger partial charge is 0.152 e. The van der Waals surface area contributed by atoms with Gasteiger partial charge < -0.3 is 0 Å². The van der Waals surface area contributed by atoms with Gasteiger partial charge >= 0.3 is 0 Å². The summed E-state index contributed by atoms with van der Waals surface area (Å²) in [4.78, 5) is 0. The van der Waals surface area contributed by atoms with Crippen LogP contribution in [0.1, 0.15) is 24.0 Å². The quantitative estimate of drug-likeness (QED) is 0.320. The Hall–Kier alpha value is -2.12. The summed E-state index contributed by atoms with van der Waals surface area (Å²) in [6.45, 7) is 0. The van der Waals surface area contributed by atoms with E-state index in [0.717, 1.165) is 0 Å². The molecule has 0 radical (unpaired) electrons. The summed E-state index contributed by atoms with van der Waals surface area (Å²) in [6.07, 6.45) is 5.22.